The number of aliphatic imine (C=N–C) groups is 1. The van der Waals surface area contributed by atoms with E-state index in [1.54, 1.807) is 18.7 Å². The molecule has 1 aliphatic heterocycles. The summed E-state index contributed by atoms with van der Waals surface area (Å²) >= 11 is 0. The molecule has 5 nitrogen and oxygen atoms in total. The molecule has 1 unspecified atom stereocenters. The maximum Gasteiger partial charge on any atom is 0.439 e. The van der Waals surface area contributed by atoms with Gasteiger partial charge in [-0.1, -0.05) is 31.5 Å². The second-order valence-electron chi connectivity index (χ2n) is 5.48. The molecule has 3 rings (SSSR count). The van der Waals surface area contributed by atoms with Crippen molar-refractivity contribution in [2.75, 3.05) is 7.05 Å². The first-order chi connectivity index (χ1) is 10.7. The van der Waals surface area contributed by atoms with Crippen molar-refractivity contribution in [2.24, 2.45) is 4.99 Å². The molecule has 1 aliphatic rings. The molecule has 2 aromatic rings. The number of carbonyl (C=O) groups excluding carboxylic acids is 1. The molecule has 0 spiro atoms. The minimum atomic E-state index is -0.0915. The van der Waals surface area contributed by atoms with Crippen LogP contribution in [0, 0.1) is 0 Å². The Hall–Kier alpha value is -2.53. The van der Waals surface area contributed by atoms with Gasteiger partial charge in [-0.2, -0.15) is 4.48 Å². The van der Waals surface area contributed by atoms with Crippen LogP contribution in [0.3, 0.4) is 0 Å². The fourth-order valence-electron chi connectivity index (χ4n) is 2.78. The van der Waals surface area contributed by atoms with Crippen LogP contribution in [0.2, 0.25) is 0 Å². The zero-order chi connectivity index (χ0) is 15.6. The van der Waals surface area contributed by atoms with Gasteiger partial charge < -0.3 is 0 Å². The van der Waals surface area contributed by atoms with Crippen LogP contribution in [0.25, 0.3) is 5.70 Å². The summed E-state index contributed by atoms with van der Waals surface area (Å²) in [7, 11) is 1.87. The van der Waals surface area contributed by atoms with Crippen LogP contribution in [0.1, 0.15) is 25.3 Å². The van der Waals surface area contributed by atoms with Crippen LogP contribution in [0.15, 0.2) is 59.7 Å². The topological polar surface area (TPSA) is 47.2 Å². The molecule has 1 aromatic carbocycles. The Labute approximate surface area is 129 Å². The van der Waals surface area contributed by atoms with E-state index in [4.69, 9.17) is 0 Å². The molecule has 112 valence electrons. The summed E-state index contributed by atoms with van der Waals surface area (Å²) in [5.41, 5.74) is 2.95. The van der Waals surface area contributed by atoms with Gasteiger partial charge in [-0.25, -0.2) is 19.3 Å². The molecule has 5 heteroatoms. The van der Waals surface area contributed by atoms with Gasteiger partial charge in [0.05, 0.1) is 7.05 Å². The highest BCUT2D eigenvalue weighted by atomic mass is 16.2. The maximum atomic E-state index is 12.9. The Bertz CT molecular complexity index is 731. The lowest BCUT2D eigenvalue weighted by Gasteiger charge is -2.25. The van der Waals surface area contributed by atoms with Crippen LogP contribution in [-0.2, 0) is 0 Å². The fourth-order valence-corrected chi connectivity index (χ4v) is 2.78. The van der Waals surface area contributed by atoms with Crippen molar-refractivity contribution in [3.63, 3.8) is 0 Å². The van der Waals surface area contributed by atoms with Crippen LogP contribution in [-0.4, -0.2) is 33.5 Å². The molecule has 1 amide bonds. The summed E-state index contributed by atoms with van der Waals surface area (Å²) in [5, 5.41) is 0. The number of amides is 1. The van der Waals surface area contributed by atoms with E-state index in [-0.39, 0.29) is 10.5 Å². The number of rotatable bonds is 3. The van der Waals surface area contributed by atoms with Crippen LogP contribution in [0.4, 0.5) is 4.79 Å². The normalized spacial score (nSPS) is 20.6. The highest BCUT2D eigenvalue weighted by Crippen LogP contribution is 2.35. The molecule has 0 saturated carbocycles. The van der Waals surface area contributed by atoms with Crippen molar-refractivity contribution in [1.82, 2.24) is 9.55 Å². The summed E-state index contributed by atoms with van der Waals surface area (Å²) in [6, 6.07) is 9.90. The molecular formula is C17H19N4O+. The molecular weight excluding hydrogens is 276 g/mol. The van der Waals surface area contributed by atoms with Crippen molar-refractivity contribution >= 4 is 18.1 Å². The Morgan fingerprint density at radius 3 is 2.68 bits per heavy atom. The monoisotopic (exact) mass is 295 g/mol. The standard InChI is InChI=1S/C17H19N4O/c1-3-7-15-16(14-8-5-4-6-9-14)21(2,13-19-15)17(22)20-11-10-18-12-20/h4-6,8-13H,3,7H2,1-2H3/q+1. The zero-order valence-corrected chi connectivity index (χ0v) is 12.8. The smallest absolute Gasteiger partial charge is 0.245 e. The molecule has 0 N–H and O–H groups in total. The van der Waals surface area contributed by atoms with Gasteiger partial charge in [0.1, 0.15) is 12.0 Å². The van der Waals surface area contributed by atoms with E-state index >= 15 is 0 Å². The van der Waals surface area contributed by atoms with Crippen molar-refractivity contribution in [3.8, 4) is 0 Å². The quantitative estimate of drug-likeness (QED) is 0.814. The first-order valence-electron chi connectivity index (χ1n) is 7.40. The van der Waals surface area contributed by atoms with Crippen molar-refractivity contribution < 1.29 is 9.28 Å². The van der Waals surface area contributed by atoms with Gasteiger partial charge in [0.25, 0.3) is 0 Å². The van der Waals surface area contributed by atoms with Gasteiger partial charge in [-0.15, -0.1) is 0 Å². The highest BCUT2D eigenvalue weighted by Gasteiger charge is 2.43. The third-order valence-corrected chi connectivity index (χ3v) is 3.84. The molecule has 1 aromatic heterocycles. The number of hydrogen-bond donors (Lipinski definition) is 0. The average Bonchev–Trinajstić information content (AvgIpc) is 3.17. The number of carbonyl (C=O) groups is 1. The van der Waals surface area contributed by atoms with Crippen molar-refractivity contribution in [1.29, 1.82) is 0 Å². The predicted molar refractivity (Wildman–Crippen MR) is 86.0 cm³/mol. The second-order valence-corrected chi connectivity index (χ2v) is 5.48. The van der Waals surface area contributed by atoms with E-state index in [9.17, 15) is 4.79 Å². The molecule has 0 fully saturated rings. The number of hydrogen-bond acceptors (Lipinski definition) is 3. The Balaban J connectivity index is 2.11. The van der Waals surface area contributed by atoms with E-state index in [1.165, 1.54) is 10.9 Å². The fraction of sp³-hybridized carbons (Fsp3) is 0.235. The summed E-state index contributed by atoms with van der Waals surface area (Å²) in [5.74, 6) is 0. The van der Waals surface area contributed by atoms with Crippen LogP contribution >= 0.6 is 0 Å². The lowest BCUT2D eigenvalue weighted by molar-refractivity contribution is -0.642. The minimum Gasteiger partial charge on any atom is -0.245 e. The van der Waals surface area contributed by atoms with Gasteiger partial charge in [0.15, 0.2) is 5.70 Å². The molecule has 0 aliphatic carbocycles. The average molecular weight is 295 g/mol. The number of allylic oxidation sites excluding steroid dienone is 1. The van der Waals surface area contributed by atoms with E-state index in [0.717, 1.165) is 29.8 Å². The van der Waals surface area contributed by atoms with Gasteiger partial charge in [-0.3, -0.25) is 0 Å². The molecule has 0 saturated heterocycles. The summed E-state index contributed by atoms with van der Waals surface area (Å²) in [6.45, 7) is 2.12. The molecule has 22 heavy (non-hydrogen) atoms. The predicted octanol–water partition coefficient (Wildman–Crippen LogP) is 3.51. The van der Waals surface area contributed by atoms with Gasteiger partial charge >= 0.3 is 6.03 Å². The first-order valence-corrected chi connectivity index (χ1v) is 7.40. The largest absolute Gasteiger partial charge is 0.439 e. The number of aromatic nitrogens is 2. The van der Waals surface area contributed by atoms with E-state index in [2.05, 4.69) is 16.9 Å². The third kappa shape index (κ3) is 2.29. The number of quaternary nitrogens is 1. The van der Waals surface area contributed by atoms with Crippen molar-refractivity contribution in [2.45, 2.75) is 19.8 Å². The second kappa shape index (κ2) is 5.69. The number of nitrogens with zero attached hydrogens (tertiary/aromatic N) is 4. The third-order valence-electron chi connectivity index (χ3n) is 3.84. The van der Waals surface area contributed by atoms with E-state index in [1.807, 2.05) is 37.4 Å². The number of imidazole rings is 1. The molecule has 0 bridgehead atoms. The van der Waals surface area contributed by atoms with E-state index in [0.29, 0.717) is 0 Å². The Morgan fingerprint density at radius 1 is 1.27 bits per heavy atom. The van der Waals surface area contributed by atoms with Gasteiger partial charge in [0, 0.05) is 18.0 Å². The minimum absolute atomic E-state index is 0.0235. The lowest BCUT2D eigenvalue weighted by Crippen LogP contribution is -2.47. The zero-order valence-electron chi connectivity index (χ0n) is 12.8. The maximum absolute atomic E-state index is 12.9. The van der Waals surface area contributed by atoms with Gasteiger partial charge in [-0.05, 0) is 18.6 Å². The summed E-state index contributed by atoms with van der Waals surface area (Å²) in [4.78, 5) is 21.4. The lowest BCUT2D eigenvalue weighted by atomic mass is 10.1. The van der Waals surface area contributed by atoms with Crippen molar-refractivity contribution in [3.05, 3.63) is 60.3 Å². The summed E-state index contributed by atoms with van der Waals surface area (Å²) < 4.78 is 1.53. The SMILES string of the molecule is CCCC1=C(c2ccccc2)[N+](C)(C(=O)n2ccnc2)C=N1. The molecule has 1 atom stereocenters. The first kappa shape index (κ1) is 14.4. The highest BCUT2D eigenvalue weighted by molar-refractivity contribution is 5.89. The van der Waals surface area contributed by atoms with E-state index < -0.39 is 0 Å². The van der Waals surface area contributed by atoms with Crippen LogP contribution in [0.5, 0.6) is 0 Å². The van der Waals surface area contributed by atoms with Gasteiger partial charge in [0.2, 0.25) is 6.34 Å². The Kier molecular flexibility index (Phi) is 3.73. The Morgan fingerprint density at radius 2 is 2.05 bits per heavy atom. The molecule has 0 radical (unpaired) electrons. The molecule has 2 heterocycles. The van der Waals surface area contributed by atoms with Crippen LogP contribution < -0.4 is 0 Å². The number of benzene rings is 1. The summed E-state index contributed by atoms with van der Waals surface area (Å²) in [6.07, 6.45) is 8.36.